The van der Waals surface area contributed by atoms with Crippen LogP contribution in [0.1, 0.15) is 77.0 Å². The highest BCUT2D eigenvalue weighted by Gasteiger charge is 2.40. The van der Waals surface area contributed by atoms with Gasteiger partial charge < -0.3 is 10.2 Å². The first kappa shape index (κ1) is 18.6. The Hall–Kier alpha value is -0.160. The molecule has 3 aliphatic carbocycles. The Kier molecular flexibility index (Phi) is 6.58. The van der Waals surface area contributed by atoms with Crippen molar-refractivity contribution in [2.45, 2.75) is 113 Å². The predicted molar refractivity (Wildman–Crippen MR) is 98.1 cm³/mol. The van der Waals surface area contributed by atoms with Crippen molar-refractivity contribution in [2.24, 2.45) is 0 Å². The zero-order valence-corrected chi connectivity index (χ0v) is 15.7. The van der Waals surface area contributed by atoms with E-state index in [1.807, 2.05) is 0 Å². The van der Waals surface area contributed by atoms with E-state index in [9.17, 15) is 10.2 Å². The molecule has 0 aromatic rings. The van der Waals surface area contributed by atoms with Gasteiger partial charge in [0.25, 0.3) is 0 Å². The van der Waals surface area contributed by atoms with Crippen molar-refractivity contribution < 1.29 is 10.2 Å². The molecule has 3 saturated carbocycles. The van der Waals surface area contributed by atoms with Gasteiger partial charge in [-0.15, -0.1) is 0 Å². The van der Waals surface area contributed by atoms with Crippen molar-refractivity contribution >= 4 is 0 Å². The molecule has 0 heterocycles. The third kappa shape index (κ3) is 3.98. The smallest absolute Gasteiger partial charge is 0.0695 e. The Labute approximate surface area is 148 Å². The van der Waals surface area contributed by atoms with E-state index in [0.717, 1.165) is 25.7 Å². The van der Waals surface area contributed by atoms with Crippen molar-refractivity contribution in [2.75, 3.05) is 14.1 Å². The van der Waals surface area contributed by atoms with E-state index in [0.29, 0.717) is 24.2 Å². The molecule has 0 aromatic carbocycles. The largest absolute Gasteiger partial charge is 0.391 e. The summed E-state index contributed by atoms with van der Waals surface area (Å²) in [7, 11) is 4.49. The summed E-state index contributed by atoms with van der Waals surface area (Å²) < 4.78 is 0. The monoisotopic (exact) mass is 338 g/mol. The zero-order valence-electron chi connectivity index (χ0n) is 15.7. The first-order valence-electron chi connectivity index (χ1n) is 10.4. The number of aliphatic hydroxyl groups excluding tert-OH is 2. The Morgan fingerprint density at radius 2 is 0.792 bits per heavy atom. The molecule has 6 atom stereocenters. The summed E-state index contributed by atoms with van der Waals surface area (Å²) in [6, 6.07) is 1.70. The maximum absolute atomic E-state index is 10.5. The molecular weight excluding hydrogens is 300 g/mol. The molecule has 4 nitrogen and oxygen atoms in total. The van der Waals surface area contributed by atoms with Gasteiger partial charge in [-0.1, -0.05) is 38.5 Å². The van der Waals surface area contributed by atoms with E-state index in [-0.39, 0.29) is 12.2 Å². The Morgan fingerprint density at radius 3 is 1.12 bits per heavy atom. The highest BCUT2D eigenvalue weighted by atomic mass is 16.3. The number of hydrogen-bond donors (Lipinski definition) is 2. The van der Waals surface area contributed by atoms with Crippen LogP contribution in [0.2, 0.25) is 0 Å². The summed E-state index contributed by atoms with van der Waals surface area (Å²) in [6.07, 6.45) is 13.8. The average molecular weight is 339 g/mol. The van der Waals surface area contributed by atoms with E-state index < -0.39 is 0 Å². The van der Waals surface area contributed by atoms with Crippen LogP contribution in [0.4, 0.5) is 0 Å². The fourth-order valence-electron chi connectivity index (χ4n) is 5.67. The summed E-state index contributed by atoms with van der Waals surface area (Å²) in [4.78, 5) is 5.03. The van der Waals surface area contributed by atoms with Gasteiger partial charge >= 0.3 is 0 Å². The third-order valence-corrected chi connectivity index (χ3v) is 7.17. The molecule has 0 bridgehead atoms. The predicted octanol–water partition coefficient (Wildman–Crippen LogP) is 2.77. The molecule has 0 unspecified atom stereocenters. The minimum absolute atomic E-state index is 0.156. The van der Waals surface area contributed by atoms with Gasteiger partial charge in [-0.05, 0) is 52.6 Å². The lowest BCUT2D eigenvalue weighted by Gasteiger charge is -2.50. The van der Waals surface area contributed by atoms with E-state index in [1.54, 1.807) is 0 Å². The van der Waals surface area contributed by atoms with Crippen molar-refractivity contribution in [1.82, 2.24) is 9.80 Å². The van der Waals surface area contributed by atoms with Crippen LogP contribution in [-0.2, 0) is 0 Å². The normalized spacial score (nSPS) is 41.8. The van der Waals surface area contributed by atoms with Crippen molar-refractivity contribution in [1.29, 1.82) is 0 Å². The molecule has 4 heteroatoms. The van der Waals surface area contributed by atoms with E-state index in [2.05, 4.69) is 23.9 Å². The molecule has 3 fully saturated rings. The van der Waals surface area contributed by atoms with Crippen LogP contribution < -0.4 is 0 Å². The molecule has 0 amide bonds. The van der Waals surface area contributed by atoms with E-state index >= 15 is 0 Å². The second kappa shape index (κ2) is 8.48. The molecule has 0 aliphatic heterocycles. The van der Waals surface area contributed by atoms with Gasteiger partial charge in [-0.3, -0.25) is 9.80 Å². The van der Waals surface area contributed by atoms with Crippen LogP contribution in [0.5, 0.6) is 0 Å². The molecule has 140 valence electrons. The lowest BCUT2D eigenvalue weighted by molar-refractivity contribution is -0.0485. The minimum atomic E-state index is -0.156. The van der Waals surface area contributed by atoms with Gasteiger partial charge in [-0.25, -0.2) is 0 Å². The molecule has 0 saturated heterocycles. The van der Waals surface area contributed by atoms with Crippen LogP contribution >= 0.6 is 0 Å². The van der Waals surface area contributed by atoms with Gasteiger partial charge in [0.1, 0.15) is 0 Å². The zero-order chi connectivity index (χ0) is 17.1. The number of nitrogens with zero attached hydrogens (tertiary/aromatic N) is 2. The number of hydrogen-bond acceptors (Lipinski definition) is 4. The summed E-state index contributed by atoms with van der Waals surface area (Å²) in [6.45, 7) is 0. The van der Waals surface area contributed by atoms with Crippen LogP contribution in [0.25, 0.3) is 0 Å². The van der Waals surface area contributed by atoms with Crippen LogP contribution in [0, 0.1) is 0 Å². The third-order valence-electron chi connectivity index (χ3n) is 7.17. The van der Waals surface area contributed by atoms with E-state index in [1.165, 1.54) is 51.4 Å². The van der Waals surface area contributed by atoms with Crippen LogP contribution in [-0.4, -0.2) is 70.5 Å². The van der Waals surface area contributed by atoms with Gasteiger partial charge in [0.2, 0.25) is 0 Å². The summed E-state index contributed by atoms with van der Waals surface area (Å²) in [5.41, 5.74) is 0. The quantitative estimate of drug-likeness (QED) is 0.827. The van der Waals surface area contributed by atoms with Crippen LogP contribution in [0.3, 0.4) is 0 Å². The average Bonchev–Trinajstić information content (AvgIpc) is 2.61. The van der Waals surface area contributed by atoms with E-state index in [4.69, 9.17) is 0 Å². The molecule has 3 rings (SSSR count). The number of aliphatic hydroxyl groups is 2. The maximum Gasteiger partial charge on any atom is 0.0695 e. The van der Waals surface area contributed by atoms with Crippen molar-refractivity contribution in [3.8, 4) is 0 Å². The first-order chi connectivity index (χ1) is 11.6. The summed E-state index contributed by atoms with van der Waals surface area (Å²) in [5, 5.41) is 21.0. The van der Waals surface area contributed by atoms with Gasteiger partial charge in [0.05, 0.1) is 12.2 Å². The first-order valence-corrected chi connectivity index (χ1v) is 10.4. The molecule has 2 N–H and O–H groups in total. The highest BCUT2D eigenvalue weighted by molar-refractivity contribution is 4.96. The second-order valence-electron chi connectivity index (χ2n) is 8.59. The van der Waals surface area contributed by atoms with Gasteiger partial charge in [-0.2, -0.15) is 0 Å². The fraction of sp³-hybridized carbons (Fsp3) is 1.00. The molecule has 3 aliphatic rings. The van der Waals surface area contributed by atoms with Gasteiger partial charge in [0.15, 0.2) is 0 Å². The van der Waals surface area contributed by atoms with Crippen molar-refractivity contribution in [3.05, 3.63) is 0 Å². The Morgan fingerprint density at radius 1 is 0.500 bits per heavy atom. The molecule has 0 spiro atoms. The Bertz CT molecular complexity index is 356. The van der Waals surface area contributed by atoms with Crippen LogP contribution in [0.15, 0.2) is 0 Å². The lowest BCUT2D eigenvalue weighted by Crippen LogP contribution is -2.60. The topological polar surface area (TPSA) is 46.9 Å². The molecule has 0 radical (unpaired) electrons. The van der Waals surface area contributed by atoms with Crippen molar-refractivity contribution in [3.63, 3.8) is 0 Å². The summed E-state index contributed by atoms with van der Waals surface area (Å²) in [5.74, 6) is 0. The SMILES string of the molecule is CN([C@@H]1CCCC[C@H]1N(C)[C@H]1CCCC[C@@H]1O)[C@H]1CCCC[C@@H]1O. The fourth-order valence-corrected chi connectivity index (χ4v) is 5.67. The molecule has 0 aromatic heterocycles. The highest BCUT2D eigenvalue weighted by Crippen LogP contribution is 2.34. The molecule has 24 heavy (non-hydrogen) atoms. The minimum Gasteiger partial charge on any atom is -0.391 e. The summed E-state index contributed by atoms with van der Waals surface area (Å²) >= 11 is 0. The standard InChI is InChI=1S/C20H38N2O2/c1-21(17-11-5-7-13-19(17)23)15-9-3-4-10-16(15)22(2)18-12-6-8-14-20(18)24/h15-20,23-24H,3-14H2,1-2H3/t15-,16-,17+,18+,19+,20+/m1/s1. The second-order valence-corrected chi connectivity index (χ2v) is 8.59. The number of rotatable bonds is 4. The van der Waals surface area contributed by atoms with Gasteiger partial charge in [0, 0.05) is 24.2 Å². The number of likely N-dealkylation sites (N-methyl/N-ethyl adjacent to an activating group) is 2. The molecular formula is C20H38N2O2. The maximum atomic E-state index is 10.5. The Balaban J connectivity index is 1.70. The lowest BCUT2D eigenvalue weighted by atomic mass is 9.82.